The third-order valence-electron chi connectivity index (χ3n) is 3.03. The molecule has 0 radical (unpaired) electrons. The minimum atomic E-state index is -0.189. The molecule has 0 bridgehead atoms. The fraction of sp³-hybridized carbons (Fsp3) is 0.500. The maximum atomic E-state index is 11.4. The average molecular weight is 292 g/mol. The van der Waals surface area contributed by atoms with E-state index in [9.17, 15) is 4.79 Å². The molecule has 1 atom stereocenters. The largest absolute Gasteiger partial charge is 0.466 e. The van der Waals surface area contributed by atoms with Gasteiger partial charge >= 0.3 is 5.97 Å². The predicted molar refractivity (Wildman–Crippen MR) is 78.6 cm³/mol. The first kappa shape index (κ1) is 15.2. The Balaban J connectivity index is 1.80. The highest BCUT2D eigenvalue weighted by molar-refractivity contribution is 5.82. The topological polar surface area (TPSA) is 103 Å². The Hall–Kier alpha value is -2.15. The van der Waals surface area contributed by atoms with Gasteiger partial charge in [-0.15, -0.1) is 0 Å². The minimum absolute atomic E-state index is 0.173. The van der Waals surface area contributed by atoms with E-state index in [1.165, 1.54) is 0 Å². The smallest absolute Gasteiger partial charge is 0.309 e. The van der Waals surface area contributed by atoms with Gasteiger partial charge in [0.05, 0.1) is 12.5 Å². The minimum Gasteiger partial charge on any atom is -0.466 e. The summed E-state index contributed by atoms with van der Waals surface area (Å²) < 4.78 is 10.5. The van der Waals surface area contributed by atoms with Crippen LogP contribution in [-0.4, -0.2) is 35.6 Å². The van der Waals surface area contributed by atoms with Gasteiger partial charge in [0.25, 0.3) is 0 Å². The number of ether oxygens (including phenoxy) is 1. The van der Waals surface area contributed by atoms with Gasteiger partial charge in [-0.2, -0.15) is 0 Å². The van der Waals surface area contributed by atoms with E-state index < -0.39 is 0 Å². The number of nitrogens with zero attached hydrogens (tertiary/aromatic N) is 2. The van der Waals surface area contributed by atoms with Gasteiger partial charge in [0.1, 0.15) is 0 Å². The summed E-state index contributed by atoms with van der Waals surface area (Å²) in [6.45, 7) is 5.25. The van der Waals surface area contributed by atoms with Crippen molar-refractivity contribution in [1.29, 1.82) is 0 Å². The fourth-order valence-corrected chi connectivity index (χ4v) is 1.91. The number of fused-ring (bicyclic) bond motifs is 1. The van der Waals surface area contributed by atoms with Crippen molar-refractivity contribution in [3.05, 3.63) is 18.2 Å². The lowest BCUT2D eigenvalue weighted by Crippen LogP contribution is -2.29. The van der Waals surface area contributed by atoms with Crippen molar-refractivity contribution >= 4 is 22.9 Å². The lowest BCUT2D eigenvalue weighted by atomic mass is 10.2. The van der Waals surface area contributed by atoms with Gasteiger partial charge in [0.2, 0.25) is 0 Å². The predicted octanol–water partition coefficient (Wildman–Crippen LogP) is 1.14. The number of oxazole rings is 1. The summed E-state index contributed by atoms with van der Waals surface area (Å²) >= 11 is 0. The standard InChI is InChI=1S/C14H20N4O3/c1-3-20-14(19)9(2)8-16-6-5-11-18-12-10(21-11)4-7-17-13(12)15/h4,7,9,16H,3,5-6,8H2,1-2H3,(H2,15,17). The Morgan fingerprint density at radius 3 is 3.10 bits per heavy atom. The molecule has 2 aromatic rings. The number of esters is 1. The third kappa shape index (κ3) is 3.91. The number of carbonyl (C=O) groups is 1. The molecule has 7 heteroatoms. The first-order valence-electron chi connectivity index (χ1n) is 6.99. The molecule has 0 aromatic carbocycles. The second-order valence-electron chi connectivity index (χ2n) is 4.76. The lowest BCUT2D eigenvalue weighted by molar-refractivity contribution is -0.147. The van der Waals surface area contributed by atoms with Crippen molar-refractivity contribution in [2.45, 2.75) is 20.3 Å². The van der Waals surface area contributed by atoms with Crippen molar-refractivity contribution < 1.29 is 13.9 Å². The molecule has 2 heterocycles. The zero-order valence-corrected chi connectivity index (χ0v) is 12.3. The van der Waals surface area contributed by atoms with Gasteiger partial charge in [0, 0.05) is 31.8 Å². The van der Waals surface area contributed by atoms with Crippen molar-refractivity contribution in [1.82, 2.24) is 15.3 Å². The van der Waals surface area contributed by atoms with Gasteiger partial charge in [-0.3, -0.25) is 4.79 Å². The summed E-state index contributed by atoms with van der Waals surface area (Å²) in [7, 11) is 0. The highest BCUT2D eigenvalue weighted by Crippen LogP contribution is 2.18. The Morgan fingerprint density at radius 1 is 1.57 bits per heavy atom. The molecule has 21 heavy (non-hydrogen) atoms. The van der Waals surface area contributed by atoms with Crippen molar-refractivity contribution in [3.8, 4) is 0 Å². The van der Waals surface area contributed by atoms with E-state index in [1.807, 2.05) is 6.92 Å². The number of aromatic nitrogens is 2. The van der Waals surface area contributed by atoms with Crippen LogP contribution in [-0.2, 0) is 16.0 Å². The summed E-state index contributed by atoms with van der Waals surface area (Å²) in [6, 6.07) is 1.73. The maximum Gasteiger partial charge on any atom is 0.309 e. The Morgan fingerprint density at radius 2 is 2.38 bits per heavy atom. The highest BCUT2D eigenvalue weighted by Gasteiger charge is 2.13. The molecule has 0 spiro atoms. The average Bonchev–Trinajstić information content (AvgIpc) is 2.88. The van der Waals surface area contributed by atoms with Crippen LogP contribution >= 0.6 is 0 Å². The molecule has 0 amide bonds. The molecule has 7 nitrogen and oxygen atoms in total. The summed E-state index contributed by atoms with van der Waals surface area (Å²) in [5, 5.41) is 3.18. The number of nitrogens with two attached hydrogens (primary N) is 1. The van der Waals surface area contributed by atoms with Crippen LogP contribution in [0.5, 0.6) is 0 Å². The molecule has 3 N–H and O–H groups in total. The van der Waals surface area contributed by atoms with Gasteiger partial charge in [-0.1, -0.05) is 6.92 Å². The summed E-state index contributed by atoms with van der Waals surface area (Å²) in [6.07, 6.45) is 2.20. The Labute approximate surface area is 122 Å². The third-order valence-corrected chi connectivity index (χ3v) is 3.03. The molecular formula is C14H20N4O3. The van der Waals surface area contributed by atoms with Crippen LogP contribution in [0.1, 0.15) is 19.7 Å². The monoisotopic (exact) mass is 292 g/mol. The van der Waals surface area contributed by atoms with E-state index in [1.54, 1.807) is 19.2 Å². The molecule has 0 fully saturated rings. The molecule has 2 aromatic heterocycles. The molecule has 0 aliphatic rings. The van der Waals surface area contributed by atoms with Gasteiger partial charge in [-0.05, 0) is 6.92 Å². The number of anilines is 1. The number of hydrogen-bond acceptors (Lipinski definition) is 7. The Bertz CT molecular complexity index is 611. The van der Waals surface area contributed by atoms with E-state index in [0.717, 1.165) is 0 Å². The molecule has 114 valence electrons. The fourth-order valence-electron chi connectivity index (χ4n) is 1.91. The summed E-state index contributed by atoms with van der Waals surface area (Å²) in [5.41, 5.74) is 6.95. The van der Waals surface area contributed by atoms with Crippen molar-refractivity contribution in [2.75, 3.05) is 25.4 Å². The van der Waals surface area contributed by atoms with Gasteiger partial charge < -0.3 is 20.2 Å². The molecule has 0 aliphatic carbocycles. The van der Waals surface area contributed by atoms with Crippen LogP contribution in [0.2, 0.25) is 0 Å². The van der Waals surface area contributed by atoms with E-state index in [0.29, 0.717) is 48.9 Å². The molecule has 0 aliphatic heterocycles. The van der Waals surface area contributed by atoms with Crippen molar-refractivity contribution in [3.63, 3.8) is 0 Å². The van der Waals surface area contributed by atoms with Crippen LogP contribution in [0.4, 0.5) is 5.82 Å². The number of carbonyl (C=O) groups excluding carboxylic acids is 1. The number of nitrogen functional groups attached to an aromatic ring is 1. The second kappa shape index (κ2) is 7.03. The van der Waals surface area contributed by atoms with E-state index in [2.05, 4.69) is 15.3 Å². The van der Waals surface area contributed by atoms with Crippen LogP contribution in [0, 0.1) is 5.92 Å². The van der Waals surface area contributed by atoms with Gasteiger partial charge in [0.15, 0.2) is 22.8 Å². The zero-order chi connectivity index (χ0) is 15.2. The lowest BCUT2D eigenvalue weighted by Gasteiger charge is -2.10. The van der Waals surface area contributed by atoms with Crippen LogP contribution < -0.4 is 11.1 Å². The Kier molecular flexibility index (Phi) is 5.10. The van der Waals surface area contributed by atoms with Crippen LogP contribution in [0.3, 0.4) is 0 Å². The molecule has 1 unspecified atom stereocenters. The quantitative estimate of drug-likeness (QED) is 0.582. The normalized spacial score (nSPS) is 12.5. The highest BCUT2D eigenvalue weighted by atomic mass is 16.5. The summed E-state index contributed by atoms with van der Waals surface area (Å²) in [4.78, 5) is 19.7. The number of nitrogens with one attached hydrogen (secondary N) is 1. The van der Waals surface area contributed by atoms with Crippen LogP contribution in [0.25, 0.3) is 11.1 Å². The molecule has 0 saturated heterocycles. The van der Waals surface area contributed by atoms with E-state index >= 15 is 0 Å². The van der Waals surface area contributed by atoms with Gasteiger partial charge in [-0.25, -0.2) is 9.97 Å². The van der Waals surface area contributed by atoms with Crippen molar-refractivity contribution in [2.24, 2.45) is 5.92 Å². The SMILES string of the molecule is CCOC(=O)C(C)CNCCc1nc2c(N)nccc2o1. The first-order chi connectivity index (χ1) is 10.1. The molecule has 2 rings (SSSR count). The maximum absolute atomic E-state index is 11.4. The first-order valence-corrected chi connectivity index (χ1v) is 6.99. The van der Waals surface area contributed by atoms with Crippen LogP contribution in [0.15, 0.2) is 16.7 Å². The van der Waals surface area contributed by atoms with E-state index in [4.69, 9.17) is 14.9 Å². The van der Waals surface area contributed by atoms with E-state index in [-0.39, 0.29) is 11.9 Å². The molecule has 0 saturated carbocycles. The second-order valence-corrected chi connectivity index (χ2v) is 4.76. The molecular weight excluding hydrogens is 272 g/mol. The number of pyridine rings is 1. The number of hydrogen-bond donors (Lipinski definition) is 2. The summed E-state index contributed by atoms with van der Waals surface area (Å²) in [5.74, 6) is 0.603. The number of rotatable bonds is 7. The zero-order valence-electron chi connectivity index (χ0n) is 12.3.